The van der Waals surface area contributed by atoms with E-state index in [-0.39, 0.29) is 24.9 Å². The molecule has 0 aromatic carbocycles. The van der Waals surface area contributed by atoms with Crippen LogP contribution in [0, 0.1) is 0 Å². The van der Waals surface area contributed by atoms with Gasteiger partial charge in [-0.3, -0.25) is 14.5 Å². The van der Waals surface area contributed by atoms with Crippen LogP contribution in [0.15, 0.2) is 17.5 Å². The molecular formula is C14H23N3O3S. The highest BCUT2D eigenvalue weighted by Crippen LogP contribution is 2.07. The summed E-state index contributed by atoms with van der Waals surface area (Å²) in [6, 6.07) is 3.92. The van der Waals surface area contributed by atoms with E-state index in [1.807, 2.05) is 17.5 Å². The fourth-order valence-corrected chi connectivity index (χ4v) is 2.35. The van der Waals surface area contributed by atoms with Gasteiger partial charge >= 0.3 is 0 Å². The van der Waals surface area contributed by atoms with Crippen molar-refractivity contribution in [2.45, 2.75) is 13.0 Å². The van der Waals surface area contributed by atoms with E-state index in [1.165, 1.54) is 0 Å². The normalized spacial score (nSPS) is 10.6. The van der Waals surface area contributed by atoms with E-state index in [2.05, 4.69) is 10.6 Å². The Kier molecular flexibility index (Phi) is 8.65. The SMILES string of the molecule is COCCCNC(=O)CN(C)CC(=O)NCc1cccs1. The highest BCUT2D eigenvalue weighted by Gasteiger charge is 2.10. The molecule has 0 radical (unpaired) electrons. The van der Waals surface area contributed by atoms with E-state index in [4.69, 9.17) is 4.74 Å². The van der Waals surface area contributed by atoms with Gasteiger partial charge in [0.1, 0.15) is 0 Å². The van der Waals surface area contributed by atoms with Crippen molar-refractivity contribution in [1.82, 2.24) is 15.5 Å². The first-order chi connectivity index (χ1) is 10.1. The van der Waals surface area contributed by atoms with Crippen LogP contribution in [0.4, 0.5) is 0 Å². The first kappa shape index (κ1) is 17.6. The van der Waals surface area contributed by atoms with Crippen LogP contribution >= 0.6 is 11.3 Å². The summed E-state index contributed by atoms with van der Waals surface area (Å²) in [6.07, 6.45) is 0.785. The van der Waals surface area contributed by atoms with Crippen molar-refractivity contribution < 1.29 is 14.3 Å². The standard InChI is InChI=1S/C14H23N3O3S/c1-17(10-13(18)15-6-4-7-20-2)11-14(19)16-9-12-5-3-8-21-12/h3,5,8H,4,6-7,9-11H2,1-2H3,(H,15,18)(H,16,19). The minimum absolute atomic E-state index is 0.0836. The number of nitrogens with zero attached hydrogens (tertiary/aromatic N) is 1. The topological polar surface area (TPSA) is 70.7 Å². The highest BCUT2D eigenvalue weighted by molar-refractivity contribution is 7.09. The molecule has 1 rings (SSSR count). The zero-order valence-corrected chi connectivity index (χ0v) is 13.4. The average Bonchev–Trinajstić information content (AvgIpc) is 2.94. The molecule has 1 aromatic heterocycles. The lowest BCUT2D eigenvalue weighted by atomic mass is 10.4. The van der Waals surface area contributed by atoms with Crippen LogP contribution in [0.5, 0.6) is 0 Å². The van der Waals surface area contributed by atoms with Crippen molar-refractivity contribution in [1.29, 1.82) is 0 Å². The van der Waals surface area contributed by atoms with Gasteiger partial charge in [-0.1, -0.05) is 6.07 Å². The van der Waals surface area contributed by atoms with Crippen LogP contribution in [-0.2, 0) is 20.9 Å². The predicted octanol–water partition coefficient (Wildman–Crippen LogP) is 0.449. The van der Waals surface area contributed by atoms with Gasteiger partial charge in [-0.15, -0.1) is 11.3 Å². The number of carbonyl (C=O) groups is 2. The Bertz CT molecular complexity index is 423. The summed E-state index contributed by atoms with van der Waals surface area (Å²) in [5, 5.41) is 7.59. The first-order valence-corrected chi connectivity index (χ1v) is 7.73. The van der Waals surface area contributed by atoms with Gasteiger partial charge in [0, 0.05) is 25.1 Å². The van der Waals surface area contributed by atoms with E-state index in [9.17, 15) is 9.59 Å². The Hall–Kier alpha value is -1.44. The fourth-order valence-electron chi connectivity index (χ4n) is 1.70. The summed E-state index contributed by atoms with van der Waals surface area (Å²) < 4.78 is 4.90. The van der Waals surface area contributed by atoms with Crippen molar-refractivity contribution in [3.63, 3.8) is 0 Å². The quantitative estimate of drug-likeness (QED) is 0.615. The predicted molar refractivity (Wildman–Crippen MR) is 83.2 cm³/mol. The van der Waals surface area contributed by atoms with E-state index in [0.29, 0.717) is 19.7 Å². The molecule has 2 amide bonds. The maximum atomic E-state index is 11.7. The van der Waals surface area contributed by atoms with Gasteiger partial charge in [0.05, 0.1) is 19.6 Å². The molecular weight excluding hydrogens is 290 g/mol. The minimum Gasteiger partial charge on any atom is -0.385 e. The fraction of sp³-hybridized carbons (Fsp3) is 0.571. The molecule has 0 saturated carbocycles. The zero-order chi connectivity index (χ0) is 15.5. The van der Waals surface area contributed by atoms with Crippen molar-refractivity contribution in [3.05, 3.63) is 22.4 Å². The van der Waals surface area contributed by atoms with Gasteiger partial charge in [0.2, 0.25) is 11.8 Å². The molecule has 21 heavy (non-hydrogen) atoms. The second-order valence-electron chi connectivity index (χ2n) is 4.72. The van der Waals surface area contributed by atoms with E-state index >= 15 is 0 Å². The summed E-state index contributed by atoms with van der Waals surface area (Å²) >= 11 is 1.60. The molecule has 0 fully saturated rings. The van der Waals surface area contributed by atoms with Crippen LogP contribution < -0.4 is 10.6 Å². The number of hydrogen-bond acceptors (Lipinski definition) is 5. The van der Waals surface area contributed by atoms with Crippen molar-refractivity contribution >= 4 is 23.2 Å². The maximum absolute atomic E-state index is 11.7. The Balaban J connectivity index is 2.12. The van der Waals surface area contributed by atoms with Gasteiger partial charge in [0.25, 0.3) is 0 Å². The molecule has 1 heterocycles. The molecule has 7 heteroatoms. The van der Waals surface area contributed by atoms with Gasteiger partial charge in [-0.05, 0) is 24.9 Å². The molecule has 2 N–H and O–H groups in total. The van der Waals surface area contributed by atoms with Crippen molar-refractivity contribution in [2.75, 3.05) is 40.4 Å². The lowest BCUT2D eigenvalue weighted by Crippen LogP contribution is -2.41. The number of carbonyl (C=O) groups excluding carboxylic acids is 2. The van der Waals surface area contributed by atoms with Crippen molar-refractivity contribution in [3.8, 4) is 0 Å². The second-order valence-corrected chi connectivity index (χ2v) is 5.76. The summed E-state index contributed by atoms with van der Waals surface area (Å²) in [4.78, 5) is 26.2. The third-order valence-electron chi connectivity index (χ3n) is 2.71. The Morgan fingerprint density at radius 3 is 2.62 bits per heavy atom. The van der Waals surface area contributed by atoms with Crippen LogP contribution in [0.1, 0.15) is 11.3 Å². The zero-order valence-electron chi connectivity index (χ0n) is 12.6. The summed E-state index contributed by atoms with van der Waals surface area (Å²) in [5.74, 6) is -0.169. The minimum atomic E-state index is -0.0851. The molecule has 0 aliphatic rings. The summed E-state index contributed by atoms with van der Waals surface area (Å²) in [6.45, 7) is 2.16. The molecule has 0 spiro atoms. The smallest absolute Gasteiger partial charge is 0.234 e. The number of amides is 2. The molecule has 0 aliphatic carbocycles. The van der Waals surface area contributed by atoms with E-state index in [1.54, 1.807) is 30.4 Å². The lowest BCUT2D eigenvalue weighted by molar-refractivity contribution is -0.124. The molecule has 1 aromatic rings. The number of methoxy groups -OCH3 is 1. The molecule has 6 nitrogen and oxygen atoms in total. The summed E-state index contributed by atoms with van der Waals surface area (Å²) in [5.41, 5.74) is 0. The molecule has 118 valence electrons. The van der Waals surface area contributed by atoms with Gasteiger partial charge < -0.3 is 15.4 Å². The second kappa shape index (κ2) is 10.3. The van der Waals surface area contributed by atoms with Gasteiger partial charge in [-0.25, -0.2) is 0 Å². The highest BCUT2D eigenvalue weighted by atomic mass is 32.1. The third-order valence-corrected chi connectivity index (χ3v) is 3.59. The van der Waals surface area contributed by atoms with Crippen LogP contribution in [0.25, 0.3) is 0 Å². The van der Waals surface area contributed by atoms with Crippen LogP contribution in [0.3, 0.4) is 0 Å². The van der Waals surface area contributed by atoms with Crippen LogP contribution in [-0.4, -0.2) is 57.1 Å². The number of ether oxygens (including phenoxy) is 1. The number of rotatable bonds is 10. The molecule has 0 bridgehead atoms. The lowest BCUT2D eigenvalue weighted by Gasteiger charge is -2.15. The number of thiophene rings is 1. The Labute approximate surface area is 129 Å². The molecule has 0 unspecified atom stereocenters. The Morgan fingerprint density at radius 2 is 2.00 bits per heavy atom. The molecule has 0 aliphatic heterocycles. The maximum Gasteiger partial charge on any atom is 0.234 e. The third kappa shape index (κ3) is 8.44. The molecule has 0 saturated heterocycles. The average molecular weight is 313 g/mol. The van der Waals surface area contributed by atoms with Crippen molar-refractivity contribution in [2.24, 2.45) is 0 Å². The summed E-state index contributed by atoms with van der Waals surface area (Å²) in [7, 11) is 3.38. The largest absolute Gasteiger partial charge is 0.385 e. The van der Waals surface area contributed by atoms with Gasteiger partial charge in [0.15, 0.2) is 0 Å². The molecule has 0 atom stereocenters. The van der Waals surface area contributed by atoms with Crippen LogP contribution in [0.2, 0.25) is 0 Å². The Morgan fingerprint density at radius 1 is 1.29 bits per heavy atom. The van der Waals surface area contributed by atoms with Gasteiger partial charge in [-0.2, -0.15) is 0 Å². The van der Waals surface area contributed by atoms with E-state index < -0.39 is 0 Å². The van der Waals surface area contributed by atoms with E-state index in [0.717, 1.165) is 11.3 Å². The monoisotopic (exact) mass is 313 g/mol. The number of likely N-dealkylation sites (N-methyl/N-ethyl adjacent to an activating group) is 1. The first-order valence-electron chi connectivity index (χ1n) is 6.85. The number of hydrogen-bond donors (Lipinski definition) is 2. The number of nitrogens with one attached hydrogen (secondary N) is 2.